The highest BCUT2D eigenvalue weighted by Crippen LogP contribution is 2.29. The van der Waals surface area contributed by atoms with E-state index in [2.05, 4.69) is 17.6 Å². The lowest BCUT2D eigenvalue weighted by atomic mass is 9.81. The second-order valence-electron chi connectivity index (χ2n) is 6.37. The van der Waals surface area contributed by atoms with Crippen molar-refractivity contribution in [2.24, 2.45) is 11.8 Å². The third kappa shape index (κ3) is 4.60. The van der Waals surface area contributed by atoms with Gasteiger partial charge in [0.25, 0.3) is 0 Å². The molecule has 1 amide bonds. The van der Waals surface area contributed by atoms with Gasteiger partial charge in [-0.05, 0) is 44.6 Å². The number of hydrogen-bond acceptors (Lipinski definition) is 2. The molecule has 0 bridgehead atoms. The van der Waals surface area contributed by atoms with Crippen molar-refractivity contribution in [1.82, 2.24) is 10.6 Å². The molecule has 0 aliphatic heterocycles. The molecule has 0 saturated heterocycles. The third-order valence-electron chi connectivity index (χ3n) is 4.46. The van der Waals surface area contributed by atoms with Crippen molar-refractivity contribution < 1.29 is 4.79 Å². The molecule has 0 heterocycles. The summed E-state index contributed by atoms with van der Waals surface area (Å²) in [5, 5.41) is 6.41. The van der Waals surface area contributed by atoms with E-state index in [4.69, 9.17) is 0 Å². The van der Waals surface area contributed by atoms with Gasteiger partial charge in [-0.25, -0.2) is 0 Å². The molecule has 2 aliphatic rings. The first-order valence-electron chi connectivity index (χ1n) is 7.69. The summed E-state index contributed by atoms with van der Waals surface area (Å²) in [6.45, 7) is 5.32. The number of carbonyl (C=O) groups excluding carboxylic acids is 1. The van der Waals surface area contributed by atoms with Crippen LogP contribution in [0.15, 0.2) is 0 Å². The lowest BCUT2D eigenvalue weighted by Crippen LogP contribution is -2.43. The van der Waals surface area contributed by atoms with Crippen molar-refractivity contribution in [3.8, 4) is 0 Å². The van der Waals surface area contributed by atoms with Gasteiger partial charge in [0.05, 0.1) is 6.04 Å². The molecule has 1 unspecified atom stereocenters. The molecular weight excluding hydrogens is 224 g/mol. The molecule has 0 radical (unpaired) electrons. The number of amides is 1. The van der Waals surface area contributed by atoms with E-state index < -0.39 is 0 Å². The molecule has 0 aromatic heterocycles. The van der Waals surface area contributed by atoms with Gasteiger partial charge in [0.15, 0.2) is 0 Å². The average molecular weight is 252 g/mol. The highest BCUT2D eigenvalue weighted by atomic mass is 16.2. The Bertz CT molecular complexity index is 268. The number of carbonyl (C=O) groups is 1. The Hall–Kier alpha value is -0.570. The molecule has 3 nitrogen and oxygen atoms in total. The first kappa shape index (κ1) is 13.9. The quantitative estimate of drug-likeness (QED) is 0.762. The highest BCUT2D eigenvalue weighted by Gasteiger charge is 2.25. The Morgan fingerprint density at radius 3 is 2.44 bits per heavy atom. The van der Waals surface area contributed by atoms with Gasteiger partial charge in [0.1, 0.15) is 0 Å². The van der Waals surface area contributed by atoms with Crippen LogP contribution in [0.2, 0.25) is 0 Å². The Labute approximate surface area is 111 Å². The van der Waals surface area contributed by atoms with Crippen molar-refractivity contribution in [2.75, 3.05) is 6.54 Å². The van der Waals surface area contributed by atoms with Gasteiger partial charge in [-0.15, -0.1) is 0 Å². The van der Waals surface area contributed by atoms with Gasteiger partial charge in [-0.1, -0.05) is 32.6 Å². The van der Waals surface area contributed by atoms with E-state index in [0.29, 0.717) is 6.04 Å². The van der Waals surface area contributed by atoms with Crippen LogP contribution in [0.4, 0.5) is 0 Å². The minimum absolute atomic E-state index is 0.0342. The zero-order valence-corrected chi connectivity index (χ0v) is 11.9. The van der Waals surface area contributed by atoms with Crippen LogP contribution >= 0.6 is 0 Å². The Morgan fingerprint density at radius 1 is 1.17 bits per heavy atom. The summed E-state index contributed by atoms with van der Waals surface area (Å²) in [4.78, 5) is 11.7. The summed E-state index contributed by atoms with van der Waals surface area (Å²) in [6, 6.07) is 0.440. The standard InChI is InChI=1S/C15H28N2O/c1-11-3-5-13(6-4-11)9-10-16-12(2)15(18)17-14-7-8-14/h11-14,16H,3-10H2,1-2H3,(H,17,18). The summed E-state index contributed by atoms with van der Waals surface area (Å²) in [7, 11) is 0. The van der Waals surface area contributed by atoms with Crippen molar-refractivity contribution in [2.45, 2.75) is 70.9 Å². The predicted octanol–water partition coefficient (Wildman–Crippen LogP) is 2.46. The second-order valence-corrected chi connectivity index (χ2v) is 6.37. The molecule has 104 valence electrons. The summed E-state index contributed by atoms with van der Waals surface area (Å²) in [5.41, 5.74) is 0. The lowest BCUT2D eigenvalue weighted by Gasteiger charge is -2.26. The smallest absolute Gasteiger partial charge is 0.237 e. The number of nitrogens with one attached hydrogen (secondary N) is 2. The molecule has 0 spiro atoms. The fourth-order valence-electron chi connectivity index (χ4n) is 2.77. The normalized spacial score (nSPS) is 29.9. The van der Waals surface area contributed by atoms with Gasteiger partial charge >= 0.3 is 0 Å². The lowest BCUT2D eigenvalue weighted by molar-refractivity contribution is -0.122. The molecule has 3 heteroatoms. The van der Waals surface area contributed by atoms with E-state index >= 15 is 0 Å². The fraction of sp³-hybridized carbons (Fsp3) is 0.933. The minimum Gasteiger partial charge on any atom is -0.352 e. The highest BCUT2D eigenvalue weighted by molar-refractivity contribution is 5.81. The molecule has 0 aromatic rings. The molecule has 2 saturated carbocycles. The predicted molar refractivity (Wildman–Crippen MR) is 74.4 cm³/mol. The maximum Gasteiger partial charge on any atom is 0.237 e. The van der Waals surface area contributed by atoms with Crippen molar-refractivity contribution >= 4 is 5.91 Å². The van der Waals surface area contributed by atoms with E-state index in [1.165, 1.54) is 44.9 Å². The van der Waals surface area contributed by atoms with E-state index in [-0.39, 0.29) is 11.9 Å². The van der Waals surface area contributed by atoms with E-state index in [0.717, 1.165) is 18.4 Å². The van der Waals surface area contributed by atoms with Crippen LogP contribution in [0.1, 0.15) is 58.8 Å². The summed E-state index contributed by atoms with van der Waals surface area (Å²) in [6.07, 6.45) is 9.10. The fourth-order valence-corrected chi connectivity index (χ4v) is 2.77. The maximum atomic E-state index is 11.7. The van der Waals surface area contributed by atoms with Crippen LogP contribution in [-0.4, -0.2) is 24.5 Å². The topological polar surface area (TPSA) is 41.1 Å². The maximum absolute atomic E-state index is 11.7. The molecule has 1 atom stereocenters. The van der Waals surface area contributed by atoms with Crippen LogP contribution in [0.25, 0.3) is 0 Å². The molecule has 2 fully saturated rings. The first-order chi connectivity index (χ1) is 8.65. The molecule has 2 aliphatic carbocycles. The van der Waals surface area contributed by atoms with E-state index in [1.54, 1.807) is 0 Å². The van der Waals surface area contributed by atoms with Gasteiger partial charge in [0, 0.05) is 6.04 Å². The summed E-state index contributed by atoms with van der Waals surface area (Å²) < 4.78 is 0. The van der Waals surface area contributed by atoms with E-state index in [1.807, 2.05) is 6.92 Å². The summed E-state index contributed by atoms with van der Waals surface area (Å²) in [5.74, 6) is 1.99. The summed E-state index contributed by atoms with van der Waals surface area (Å²) >= 11 is 0. The SMILES string of the molecule is CC1CCC(CCNC(C)C(=O)NC2CC2)CC1. The van der Waals surface area contributed by atoms with Gasteiger partial charge in [0.2, 0.25) is 5.91 Å². The van der Waals surface area contributed by atoms with Crippen LogP contribution in [0.3, 0.4) is 0 Å². The number of hydrogen-bond donors (Lipinski definition) is 2. The molecule has 18 heavy (non-hydrogen) atoms. The zero-order valence-electron chi connectivity index (χ0n) is 11.9. The Balaban J connectivity index is 1.55. The van der Waals surface area contributed by atoms with Crippen LogP contribution in [0.5, 0.6) is 0 Å². The van der Waals surface area contributed by atoms with Crippen LogP contribution < -0.4 is 10.6 Å². The van der Waals surface area contributed by atoms with Crippen LogP contribution in [0, 0.1) is 11.8 Å². The van der Waals surface area contributed by atoms with Crippen LogP contribution in [-0.2, 0) is 4.79 Å². The molecule has 2 rings (SSSR count). The van der Waals surface area contributed by atoms with Crippen molar-refractivity contribution in [3.63, 3.8) is 0 Å². The van der Waals surface area contributed by atoms with Gasteiger partial charge in [-0.2, -0.15) is 0 Å². The molecule has 0 aromatic carbocycles. The largest absolute Gasteiger partial charge is 0.352 e. The van der Waals surface area contributed by atoms with Gasteiger partial charge in [-0.3, -0.25) is 4.79 Å². The van der Waals surface area contributed by atoms with Crippen molar-refractivity contribution in [3.05, 3.63) is 0 Å². The monoisotopic (exact) mass is 252 g/mol. The first-order valence-corrected chi connectivity index (χ1v) is 7.69. The van der Waals surface area contributed by atoms with E-state index in [9.17, 15) is 4.79 Å². The second kappa shape index (κ2) is 6.55. The van der Waals surface area contributed by atoms with Crippen molar-refractivity contribution in [1.29, 1.82) is 0 Å². The molecule has 2 N–H and O–H groups in total. The minimum atomic E-state index is -0.0342. The Kier molecular flexibility index (Phi) is 5.04. The Morgan fingerprint density at radius 2 is 1.83 bits per heavy atom. The molecular formula is C15H28N2O. The number of rotatable bonds is 6. The van der Waals surface area contributed by atoms with Gasteiger partial charge < -0.3 is 10.6 Å². The average Bonchev–Trinajstić information content (AvgIpc) is 3.15. The zero-order chi connectivity index (χ0) is 13.0. The third-order valence-corrected chi connectivity index (χ3v) is 4.46.